The van der Waals surface area contributed by atoms with E-state index in [2.05, 4.69) is 26.5 Å². The number of hydrogen-bond acceptors (Lipinski definition) is 5. The topological polar surface area (TPSA) is 93.8 Å². The lowest BCUT2D eigenvalue weighted by Crippen LogP contribution is -2.17. The number of amides is 1. The number of halogens is 1. The van der Waals surface area contributed by atoms with Crippen LogP contribution in [0.5, 0.6) is 5.75 Å². The van der Waals surface area contributed by atoms with Gasteiger partial charge >= 0.3 is 0 Å². The molecule has 118 valence electrons. The highest BCUT2D eigenvalue weighted by Crippen LogP contribution is 2.20. The molecule has 0 fully saturated rings. The van der Waals surface area contributed by atoms with Crippen LogP contribution in [0, 0.1) is 10.1 Å². The molecule has 0 radical (unpaired) electrons. The summed E-state index contributed by atoms with van der Waals surface area (Å²) in [6, 6.07) is 10.7. The van der Waals surface area contributed by atoms with Crippen LogP contribution in [0.1, 0.15) is 15.9 Å². The van der Waals surface area contributed by atoms with E-state index >= 15 is 0 Å². The van der Waals surface area contributed by atoms with Gasteiger partial charge in [0, 0.05) is 27.7 Å². The average Bonchev–Trinajstić information content (AvgIpc) is 2.56. The predicted molar refractivity (Wildman–Crippen MR) is 88.9 cm³/mol. The Morgan fingerprint density at radius 2 is 2.13 bits per heavy atom. The molecule has 0 aliphatic heterocycles. The van der Waals surface area contributed by atoms with Crippen molar-refractivity contribution in [3.05, 3.63) is 68.2 Å². The number of carbonyl (C=O) groups excluding carboxylic acids is 1. The van der Waals surface area contributed by atoms with E-state index in [1.54, 1.807) is 25.3 Å². The van der Waals surface area contributed by atoms with Crippen molar-refractivity contribution >= 4 is 33.7 Å². The highest BCUT2D eigenvalue weighted by molar-refractivity contribution is 9.10. The van der Waals surface area contributed by atoms with Crippen LogP contribution < -0.4 is 10.2 Å². The zero-order chi connectivity index (χ0) is 16.8. The normalized spacial score (nSPS) is 10.5. The predicted octanol–water partition coefficient (Wildman–Crippen LogP) is 3.13. The third-order valence-electron chi connectivity index (χ3n) is 2.89. The van der Waals surface area contributed by atoms with Crippen molar-refractivity contribution in [3.63, 3.8) is 0 Å². The fraction of sp³-hybridized carbons (Fsp3) is 0.0667. The summed E-state index contributed by atoms with van der Waals surface area (Å²) in [5.41, 5.74) is 3.03. The maximum atomic E-state index is 11.9. The van der Waals surface area contributed by atoms with Crippen molar-refractivity contribution in [1.82, 2.24) is 5.43 Å². The maximum absolute atomic E-state index is 11.9. The molecule has 23 heavy (non-hydrogen) atoms. The Labute approximate surface area is 140 Å². The minimum Gasteiger partial charge on any atom is -0.497 e. The first-order valence-electron chi connectivity index (χ1n) is 6.42. The summed E-state index contributed by atoms with van der Waals surface area (Å²) in [6.45, 7) is 0. The third-order valence-corrected chi connectivity index (χ3v) is 3.61. The van der Waals surface area contributed by atoms with Crippen LogP contribution in [0.15, 0.2) is 52.0 Å². The van der Waals surface area contributed by atoms with Crippen molar-refractivity contribution < 1.29 is 14.5 Å². The first kappa shape index (κ1) is 16.6. The molecule has 0 aromatic heterocycles. The van der Waals surface area contributed by atoms with Crippen LogP contribution in [-0.2, 0) is 0 Å². The molecule has 8 heteroatoms. The largest absolute Gasteiger partial charge is 0.497 e. The standard InChI is InChI=1S/C15H12BrN3O4/c1-23-13-5-6-14(16)11(8-13)9-17-18-15(20)10-3-2-4-12(7-10)19(21)22/h2-9H,1H3,(H,18,20)/b17-9-. The van der Waals surface area contributed by atoms with Gasteiger partial charge < -0.3 is 4.74 Å². The molecule has 0 bridgehead atoms. The number of nitrogens with zero attached hydrogens (tertiary/aromatic N) is 2. The fourth-order valence-corrected chi connectivity index (χ4v) is 2.08. The molecule has 2 aromatic rings. The van der Waals surface area contributed by atoms with Crippen molar-refractivity contribution in [2.24, 2.45) is 5.10 Å². The second-order valence-corrected chi connectivity index (χ2v) is 5.25. The van der Waals surface area contributed by atoms with Gasteiger partial charge in [-0.05, 0) is 24.3 Å². The molecule has 0 aliphatic carbocycles. The maximum Gasteiger partial charge on any atom is 0.271 e. The van der Waals surface area contributed by atoms with E-state index in [1.165, 1.54) is 30.5 Å². The van der Waals surface area contributed by atoms with Gasteiger partial charge in [0.1, 0.15) is 5.75 Å². The summed E-state index contributed by atoms with van der Waals surface area (Å²) in [6.07, 6.45) is 1.45. The zero-order valence-corrected chi connectivity index (χ0v) is 13.6. The Hall–Kier alpha value is -2.74. The van der Waals surface area contributed by atoms with Crippen molar-refractivity contribution in [2.75, 3.05) is 7.11 Å². The Kier molecular flexibility index (Phi) is 5.42. The Balaban J connectivity index is 2.10. The fourth-order valence-electron chi connectivity index (χ4n) is 1.73. The number of rotatable bonds is 5. The van der Waals surface area contributed by atoms with Crippen LogP contribution in [0.2, 0.25) is 0 Å². The molecule has 0 spiro atoms. The summed E-state index contributed by atoms with van der Waals surface area (Å²) < 4.78 is 5.89. The molecule has 0 atom stereocenters. The van der Waals surface area contributed by atoms with Gasteiger partial charge in [-0.2, -0.15) is 5.10 Å². The molecule has 2 rings (SSSR count). The Bertz CT molecular complexity index is 777. The van der Waals surface area contributed by atoms with E-state index in [0.717, 1.165) is 4.47 Å². The molecule has 2 aromatic carbocycles. The number of non-ortho nitro benzene ring substituents is 1. The third kappa shape index (κ3) is 4.36. The van der Waals surface area contributed by atoms with Gasteiger partial charge in [-0.3, -0.25) is 14.9 Å². The number of carbonyl (C=O) groups is 1. The van der Waals surface area contributed by atoms with Crippen LogP contribution in [0.25, 0.3) is 0 Å². The smallest absolute Gasteiger partial charge is 0.271 e. The lowest BCUT2D eigenvalue weighted by molar-refractivity contribution is -0.384. The molecule has 0 aliphatic rings. The molecule has 0 heterocycles. The first-order chi connectivity index (χ1) is 11.0. The highest BCUT2D eigenvalue weighted by atomic mass is 79.9. The number of nitrogens with one attached hydrogen (secondary N) is 1. The first-order valence-corrected chi connectivity index (χ1v) is 7.22. The molecule has 1 N–H and O–H groups in total. The number of methoxy groups -OCH3 is 1. The Morgan fingerprint density at radius 3 is 2.83 bits per heavy atom. The Morgan fingerprint density at radius 1 is 1.35 bits per heavy atom. The number of benzene rings is 2. The molecule has 0 saturated carbocycles. The minimum absolute atomic E-state index is 0.154. The van der Waals surface area contributed by atoms with E-state index in [0.29, 0.717) is 11.3 Å². The van der Waals surface area contributed by atoms with E-state index in [1.807, 2.05) is 0 Å². The van der Waals surface area contributed by atoms with Gasteiger partial charge in [-0.25, -0.2) is 5.43 Å². The summed E-state index contributed by atoms with van der Waals surface area (Å²) in [5, 5.41) is 14.5. The van der Waals surface area contributed by atoms with E-state index in [-0.39, 0.29) is 11.3 Å². The number of nitro groups is 1. The molecular weight excluding hydrogens is 366 g/mol. The van der Waals surface area contributed by atoms with E-state index in [9.17, 15) is 14.9 Å². The van der Waals surface area contributed by atoms with Crippen molar-refractivity contribution in [2.45, 2.75) is 0 Å². The van der Waals surface area contributed by atoms with Gasteiger partial charge in [0.2, 0.25) is 0 Å². The summed E-state index contributed by atoms with van der Waals surface area (Å²) >= 11 is 3.36. The summed E-state index contributed by atoms with van der Waals surface area (Å²) in [5.74, 6) is 0.114. The van der Waals surface area contributed by atoms with Crippen LogP contribution in [0.3, 0.4) is 0 Å². The minimum atomic E-state index is -0.562. The van der Waals surface area contributed by atoms with Gasteiger partial charge in [0.25, 0.3) is 11.6 Å². The van der Waals surface area contributed by atoms with Crippen LogP contribution in [-0.4, -0.2) is 24.2 Å². The second-order valence-electron chi connectivity index (χ2n) is 4.39. The van der Waals surface area contributed by atoms with E-state index < -0.39 is 10.8 Å². The molecule has 0 saturated heterocycles. The molecule has 0 unspecified atom stereocenters. The second kappa shape index (κ2) is 7.50. The molecule has 1 amide bonds. The lowest BCUT2D eigenvalue weighted by atomic mass is 10.2. The lowest BCUT2D eigenvalue weighted by Gasteiger charge is -2.03. The van der Waals surface area contributed by atoms with Crippen LogP contribution in [0.4, 0.5) is 5.69 Å². The summed E-state index contributed by atoms with van der Waals surface area (Å²) in [7, 11) is 1.55. The number of hydrazone groups is 1. The monoisotopic (exact) mass is 377 g/mol. The van der Waals surface area contributed by atoms with E-state index in [4.69, 9.17) is 4.74 Å². The zero-order valence-electron chi connectivity index (χ0n) is 12.0. The SMILES string of the molecule is COc1ccc(Br)c(/C=N\NC(=O)c2cccc([N+](=O)[O-])c2)c1. The van der Waals surface area contributed by atoms with Gasteiger partial charge in [-0.1, -0.05) is 22.0 Å². The number of nitro benzene ring substituents is 1. The van der Waals surface area contributed by atoms with Crippen molar-refractivity contribution in [1.29, 1.82) is 0 Å². The number of ether oxygens (including phenoxy) is 1. The quantitative estimate of drug-likeness (QED) is 0.491. The van der Waals surface area contributed by atoms with Crippen molar-refractivity contribution in [3.8, 4) is 5.75 Å². The van der Waals surface area contributed by atoms with Gasteiger partial charge in [0.15, 0.2) is 0 Å². The van der Waals surface area contributed by atoms with Gasteiger partial charge in [-0.15, -0.1) is 0 Å². The highest BCUT2D eigenvalue weighted by Gasteiger charge is 2.10. The molecule has 7 nitrogen and oxygen atoms in total. The van der Waals surface area contributed by atoms with Gasteiger partial charge in [0.05, 0.1) is 18.2 Å². The average molecular weight is 378 g/mol. The molecular formula is C15H12BrN3O4. The summed E-state index contributed by atoms with van der Waals surface area (Å²) in [4.78, 5) is 22.1. The van der Waals surface area contributed by atoms with Crippen LogP contribution >= 0.6 is 15.9 Å². The number of hydrogen-bond donors (Lipinski definition) is 1.